The molecule has 4 N–H and O–H groups in total. The summed E-state index contributed by atoms with van der Waals surface area (Å²) in [7, 11) is 0. The van der Waals surface area contributed by atoms with Crippen molar-refractivity contribution in [3.63, 3.8) is 0 Å². The second-order valence-corrected chi connectivity index (χ2v) is 6.98. The van der Waals surface area contributed by atoms with Gasteiger partial charge >= 0.3 is 0 Å². The molecule has 0 bridgehead atoms. The van der Waals surface area contributed by atoms with Crippen LogP contribution < -0.4 is 11.5 Å². The molecule has 0 saturated heterocycles. The second kappa shape index (κ2) is 8.08. The summed E-state index contributed by atoms with van der Waals surface area (Å²) in [6, 6.07) is 5.35. The predicted octanol–water partition coefficient (Wildman–Crippen LogP) is 6.14. The van der Waals surface area contributed by atoms with Crippen LogP contribution in [0.4, 0.5) is 20.2 Å². The van der Waals surface area contributed by atoms with Gasteiger partial charge in [-0.05, 0) is 84.6 Å². The van der Waals surface area contributed by atoms with Crippen molar-refractivity contribution in [2.75, 3.05) is 11.5 Å². The van der Waals surface area contributed by atoms with Crippen LogP contribution in [0, 0.1) is 11.6 Å². The maximum Gasteiger partial charge on any atom is 0.125 e. The van der Waals surface area contributed by atoms with Crippen LogP contribution in [-0.2, 0) is 0 Å². The highest BCUT2D eigenvalue weighted by Crippen LogP contribution is 2.29. The third-order valence-corrected chi connectivity index (χ3v) is 4.57. The van der Waals surface area contributed by atoms with Crippen molar-refractivity contribution in [1.29, 1.82) is 0 Å². The van der Waals surface area contributed by atoms with Crippen LogP contribution in [0.2, 0.25) is 0 Å². The Kier molecular flexibility index (Phi) is 7.02. The first-order chi connectivity index (χ1) is 10.1. The topological polar surface area (TPSA) is 52.0 Å². The largest absolute Gasteiger partial charge is 0.397 e. The first kappa shape index (κ1) is 19.1. The molecular weight excluding hydrogens is 486 g/mol. The molecular formula is C15H13Br3F2N2. The lowest BCUT2D eigenvalue weighted by Gasteiger charge is -2.06. The molecule has 0 fully saturated rings. The zero-order valence-corrected chi connectivity index (χ0v) is 16.3. The van der Waals surface area contributed by atoms with Gasteiger partial charge in [-0.15, -0.1) is 0 Å². The van der Waals surface area contributed by atoms with E-state index < -0.39 is 0 Å². The summed E-state index contributed by atoms with van der Waals surface area (Å²) in [6.07, 6.45) is 0. The van der Waals surface area contributed by atoms with Gasteiger partial charge in [-0.25, -0.2) is 8.78 Å². The Morgan fingerprint density at radius 3 is 1.64 bits per heavy atom. The van der Waals surface area contributed by atoms with E-state index >= 15 is 0 Å². The quantitative estimate of drug-likeness (QED) is 0.464. The fourth-order valence-corrected chi connectivity index (χ4v) is 3.05. The van der Waals surface area contributed by atoms with Crippen molar-refractivity contribution in [2.24, 2.45) is 0 Å². The summed E-state index contributed by atoms with van der Waals surface area (Å²) in [5, 5.41) is 0. The molecule has 22 heavy (non-hydrogen) atoms. The van der Waals surface area contributed by atoms with E-state index in [4.69, 9.17) is 11.5 Å². The van der Waals surface area contributed by atoms with Crippen LogP contribution in [0.1, 0.15) is 12.5 Å². The Bertz CT molecular complexity index is 695. The summed E-state index contributed by atoms with van der Waals surface area (Å²) in [5.74, 6) is -0.623. The number of benzene rings is 2. The normalized spacial score (nSPS) is 9.91. The fourth-order valence-electron chi connectivity index (χ4n) is 1.49. The van der Waals surface area contributed by atoms with Gasteiger partial charge in [-0.2, -0.15) is 0 Å². The molecule has 0 aliphatic heterocycles. The first-order valence-corrected chi connectivity index (χ1v) is 8.31. The molecule has 0 aliphatic carbocycles. The molecule has 0 spiro atoms. The highest BCUT2D eigenvalue weighted by Gasteiger charge is 2.06. The molecule has 2 aromatic rings. The summed E-state index contributed by atoms with van der Waals surface area (Å²) in [5.41, 5.74) is 13.6. The zero-order valence-electron chi connectivity index (χ0n) is 11.6. The number of anilines is 2. The molecule has 0 heterocycles. The molecule has 2 aromatic carbocycles. The zero-order chi connectivity index (χ0) is 17.0. The van der Waals surface area contributed by atoms with Crippen molar-refractivity contribution in [3.8, 4) is 0 Å². The van der Waals surface area contributed by atoms with E-state index in [1.54, 1.807) is 6.92 Å². The number of hydrogen-bond acceptors (Lipinski definition) is 2. The van der Waals surface area contributed by atoms with Gasteiger partial charge in [0.1, 0.15) is 11.6 Å². The minimum atomic E-state index is -0.312. The number of nitrogens with two attached hydrogens (primary N) is 2. The minimum Gasteiger partial charge on any atom is -0.397 e. The van der Waals surface area contributed by atoms with E-state index in [2.05, 4.69) is 54.4 Å². The highest BCUT2D eigenvalue weighted by atomic mass is 79.9. The van der Waals surface area contributed by atoms with Crippen LogP contribution in [-0.4, -0.2) is 0 Å². The third kappa shape index (κ3) is 5.07. The van der Waals surface area contributed by atoms with Gasteiger partial charge in [-0.1, -0.05) is 6.58 Å². The summed E-state index contributed by atoms with van der Waals surface area (Å²) in [6.45, 7) is 5.49. The SMILES string of the molecule is C=C(C)c1cc(F)cc(Br)c1N.Nc1c(Br)cc(F)cc1Br. The Morgan fingerprint density at radius 1 is 0.864 bits per heavy atom. The molecule has 0 unspecified atom stereocenters. The van der Waals surface area contributed by atoms with E-state index in [0.29, 0.717) is 30.4 Å². The van der Waals surface area contributed by atoms with E-state index in [1.165, 1.54) is 24.3 Å². The van der Waals surface area contributed by atoms with Crippen LogP contribution in [0.3, 0.4) is 0 Å². The number of halogens is 5. The Morgan fingerprint density at radius 2 is 1.23 bits per heavy atom. The van der Waals surface area contributed by atoms with E-state index in [9.17, 15) is 8.78 Å². The molecule has 2 nitrogen and oxygen atoms in total. The number of allylic oxidation sites excluding steroid dienone is 1. The number of nitrogen functional groups attached to an aromatic ring is 2. The lowest BCUT2D eigenvalue weighted by molar-refractivity contribution is 0.626. The van der Waals surface area contributed by atoms with Crippen molar-refractivity contribution in [3.05, 3.63) is 61.5 Å². The predicted molar refractivity (Wildman–Crippen MR) is 99.4 cm³/mol. The van der Waals surface area contributed by atoms with E-state index in [-0.39, 0.29) is 11.6 Å². The third-order valence-electron chi connectivity index (χ3n) is 2.60. The van der Waals surface area contributed by atoms with Gasteiger partial charge in [0.25, 0.3) is 0 Å². The van der Waals surface area contributed by atoms with Gasteiger partial charge in [0, 0.05) is 19.0 Å². The maximum atomic E-state index is 12.8. The van der Waals surface area contributed by atoms with Gasteiger partial charge in [0.05, 0.1) is 11.4 Å². The van der Waals surface area contributed by atoms with Gasteiger partial charge in [-0.3, -0.25) is 0 Å². The summed E-state index contributed by atoms with van der Waals surface area (Å²) in [4.78, 5) is 0. The van der Waals surface area contributed by atoms with Crippen LogP contribution in [0.5, 0.6) is 0 Å². The molecule has 0 amide bonds. The van der Waals surface area contributed by atoms with Crippen molar-refractivity contribution >= 4 is 64.7 Å². The van der Waals surface area contributed by atoms with Gasteiger partial charge < -0.3 is 11.5 Å². The Hall–Kier alpha value is -0.920. The molecule has 7 heteroatoms. The Labute approximate surface area is 153 Å². The average Bonchev–Trinajstić information content (AvgIpc) is 2.40. The van der Waals surface area contributed by atoms with E-state index in [0.717, 1.165) is 5.57 Å². The van der Waals surface area contributed by atoms with Crippen LogP contribution in [0.25, 0.3) is 5.57 Å². The second-order valence-electron chi connectivity index (χ2n) is 4.41. The van der Waals surface area contributed by atoms with Crippen LogP contribution >= 0.6 is 47.8 Å². The molecule has 0 atom stereocenters. The molecule has 0 radical (unpaired) electrons. The monoisotopic (exact) mass is 496 g/mol. The number of rotatable bonds is 1. The Balaban J connectivity index is 0.000000224. The smallest absolute Gasteiger partial charge is 0.125 e. The lowest BCUT2D eigenvalue weighted by atomic mass is 10.1. The van der Waals surface area contributed by atoms with Gasteiger partial charge in [0.2, 0.25) is 0 Å². The minimum absolute atomic E-state index is 0.311. The molecule has 0 saturated carbocycles. The molecule has 0 aromatic heterocycles. The fraction of sp³-hybridized carbons (Fsp3) is 0.0667. The maximum absolute atomic E-state index is 12.8. The van der Waals surface area contributed by atoms with Gasteiger partial charge in [0.15, 0.2) is 0 Å². The lowest BCUT2D eigenvalue weighted by Crippen LogP contribution is -1.94. The molecule has 2 rings (SSSR count). The summed E-state index contributed by atoms with van der Waals surface area (Å²) >= 11 is 9.36. The summed E-state index contributed by atoms with van der Waals surface area (Å²) < 4.78 is 27.0. The van der Waals surface area contributed by atoms with Crippen LogP contribution in [0.15, 0.2) is 44.3 Å². The first-order valence-electron chi connectivity index (χ1n) is 5.94. The van der Waals surface area contributed by atoms with Crippen molar-refractivity contribution < 1.29 is 8.78 Å². The average molecular weight is 499 g/mol. The molecule has 0 aliphatic rings. The van der Waals surface area contributed by atoms with Crippen molar-refractivity contribution in [2.45, 2.75) is 6.92 Å². The standard InChI is InChI=1S/C9H9BrFN.C6H4Br2FN/c1-5(2)7-3-6(11)4-8(10)9(7)12;7-4-1-3(9)2-5(8)6(4)10/h3-4H,1,12H2,2H3;1-2H,10H2. The number of hydrogen-bond donors (Lipinski definition) is 2. The highest BCUT2D eigenvalue weighted by molar-refractivity contribution is 9.11. The van der Waals surface area contributed by atoms with Crippen molar-refractivity contribution in [1.82, 2.24) is 0 Å². The molecule has 118 valence electrons. The van der Waals surface area contributed by atoms with E-state index in [1.807, 2.05) is 0 Å².